The Morgan fingerprint density at radius 3 is 0.577 bits per heavy atom. The molecule has 0 aromatic heterocycles. The van der Waals surface area contributed by atoms with Crippen molar-refractivity contribution in [3.63, 3.8) is 0 Å². The predicted molar refractivity (Wildman–Crippen MR) is 109 cm³/mol. The summed E-state index contributed by atoms with van der Waals surface area (Å²) in [6, 6.07) is 24.0. The van der Waals surface area contributed by atoms with Crippen molar-refractivity contribution in [3.8, 4) is 0 Å². The summed E-state index contributed by atoms with van der Waals surface area (Å²) in [4.78, 5) is 0. The van der Waals surface area contributed by atoms with Gasteiger partial charge in [-0.25, -0.2) is 0 Å². The zero-order chi connectivity index (χ0) is 19.0. The van der Waals surface area contributed by atoms with Crippen LogP contribution in [0.2, 0.25) is 0 Å². The third-order valence-corrected chi connectivity index (χ3v) is 1.33. The van der Waals surface area contributed by atoms with Crippen molar-refractivity contribution >= 4 is 0 Å². The van der Waals surface area contributed by atoms with Gasteiger partial charge in [0.1, 0.15) is 0 Å². The normalized spacial score (nSPS) is 6.69. The van der Waals surface area contributed by atoms with Crippen LogP contribution in [0.15, 0.2) is 72.8 Å². The van der Waals surface area contributed by atoms with Gasteiger partial charge in [0.25, 0.3) is 0 Å². The fraction of sp³-hybridized carbons (Fsp3) is 0.300. The van der Waals surface area contributed by atoms with Gasteiger partial charge in [-0.15, -0.1) is 0 Å². The van der Waals surface area contributed by atoms with Crippen molar-refractivity contribution in [2.24, 2.45) is 11.5 Å². The quantitative estimate of drug-likeness (QED) is 0.482. The Kier molecular flexibility index (Phi) is 75.5. The van der Waals surface area contributed by atoms with Crippen molar-refractivity contribution in [2.45, 2.75) is 26.9 Å². The van der Waals surface area contributed by atoms with E-state index in [1.807, 2.05) is 86.6 Å². The summed E-state index contributed by atoms with van der Waals surface area (Å²) in [6.45, 7) is 4.19. The second-order valence-corrected chi connectivity index (χ2v) is 3.09. The molecule has 0 amide bonds. The molecule has 0 aliphatic carbocycles. The molecule has 0 unspecified atom stereocenters. The summed E-state index contributed by atoms with van der Waals surface area (Å²) in [7, 11) is 3.00. The zero-order valence-corrected chi connectivity index (χ0v) is 20.1. The molecule has 0 saturated heterocycles. The molecule has 2 nitrogen and oxygen atoms in total. The van der Waals surface area contributed by atoms with Crippen LogP contribution in [0, 0.1) is 14.9 Å². The molecule has 0 heterocycles. The maximum atomic E-state index is 10.4. The Morgan fingerprint density at radius 2 is 0.538 bits per heavy atom. The average molecular weight is 451 g/mol. The maximum Gasteiger partial charge on any atom is 0.386 e. The van der Waals surface area contributed by atoms with Crippen LogP contribution in [0.4, 0.5) is 13.2 Å². The first-order chi connectivity index (χ1) is 11.0. The largest absolute Gasteiger partial charge is 0.386 e. The fourth-order valence-electron chi connectivity index (χ4n) is 0.770. The van der Waals surface area contributed by atoms with Crippen LogP contribution in [-0.2, 0) is 32.7 Å². The Hall–Kier alpha value is -0.746. The summed E-state index contributed by atoms with van der Waals surface area (Å²) in [5.41, 5.74) is 9.00. The molecule has 153 valence electrons. The van der Waals surface area contributed by atoms with Gasteiger partial charge < -0.3 is 26.3 Å². The summed E-state index contributed by atoms with van der Waals surface area (Å²) >= 11 is 0. The van der Waals surface area contributed by atoms with Gasteiger partial charge in [-0.1, -0.05) is 86.6 Å². The van der Waals surface area contributed by atoms with Gasteiger partial charge in [-0.05, 0) is 14.1 Å². The van der Waals surface area contributed by atoms with Crippen LogP contribution in [0.5, 0.6) is 0 Å². The van der Waals surface area contributed by atoms with Crippen molar-refractivity contribution in [1.82, 2.24) is 0 Å². The molecular weight excluding hydrogens is 414 g/mol. The van der Waals surface area contributed by atoms with Gasteiger partial charge in [-0.2, -0.15) is 13.2 Å². The van der Waals surface area contributed by atoms with Crippen LogP contribution in [0.1, 0.15) is 20.8 Å². The van der Waals surface area contributed by atoms with Crippen LogP contribution >= 0.6 is 0 Å². The van der Waals surface area contributed by atoms with Gasteiger partial charge >= 0.3 is 6.18 Å². The second kappa shape index (κ2) is 44.1. The Balaban J connectivity index is -0.0000000348. The molecule has 2 aromatic carbocycles. The Labute approximate surface area is 185 Å². The molecule has 0 spiro atoms. The summed E-state index contributed by atoms with van der Waals surface area (Å²) in [6.07, 6.45) is -4.00. The molecule has 0 aliphatic heterocycles. The van der Waals surface area contributed by atoms with Gasteiger partial charge in [0, 0.05) is 39.6 Å². The molecule has 0 fully saturated rings. The molecule has 2 aromatic rings. The van der Waals surface area contributed by atoms with Crippen LogP contribution in [0.25, 0.3) is 0 Å². The molecular formula is C20H37F3N2Y-2. The van der Waals surface area contributed by atoms with Gasteiger partial charge in [0.2, 0.25) is 0 Å². The van der Waals surface area contributed by atoms with Gasteiger partial charge in [0.15, 0.2) is 0 Å². The van der Waals surface area contributed by atoms with Crippen molar-refractivity contribution in [2.75, 3.05) is 14.1 Å². The maximum absolute atomic E-state index is 10.4. The SMILES string of the molecule is CC.CC(F)(F)F.CN.CN.[CH3-].[CH3-].[Y].c1ccccc1.c1ccccc1. The topological polar surface area (TPSA) is 52.0 Å². The number of rotatable bonds is 0. The van der Waals surface area contributed by atoms with Gasteiger partial charge in [-0.3, -0.25) is 0 Å². The van der Waals surface area contributed by atoms with E-state index in [2.05, 4.69) is 11.5 Å². The van der Waals surface area contributed by atoms with E-state index in [0.717, 1.165) is 0 Å². The zero-order valence-electron chi connectivity index (χ0n) is 17.3. The first kappa shape index (κ1) is 44.6. The fourth-order valence-corrected chi connectivity index (χ4v) is 0.770. The summed E-state index contributed by atoms with van der Waals surface area (Å²) < 4.78 is 31.1. The number of hydrogen-bond acceptors (Lipinski definition) is 2. The molecule has 4 N–H and O–H groups in total. The Morgan fingerprint density at radius 1 is 0.500 bits per heavy atom. The van der Waals surface area contributed by atoms with E-state index in [1.54, 1.807) is 0 Å². The first-order valence-electron chi connectivity index (χ1n) is 7.22. The Bertz CT molecular complexity index is 268. The third kappa shape index (κ3) is 90.9. The summed E-state index contributed by atoms with van der Waals surface area (Å²) in [5.74, 6) is 0. The number of halogens is 3. The van der Waals surface area contributed by atoms with Gasteiger partial charge in [0.05, 0.1) is 0 Å². The van der Waals surface area contributed by atoms with E-state index < -0.39 is 6.18 Å². The molecule has 0 atom stereocenters. The molecule has 1 radical (unpaired) electrons. The monoisotopic (exact) mass is 451 g/mol. The number of benzene rings is 2. The van der Waals surface area contributed by atoms with Crippen molar-refractivity contribution in [3.05, 3.63) is 87.6 Å². The molecule has 0 bridgehead atoms. The van der Waals surface area contributed by atoms with E-state index in [9.17, 15) is 13.2 Å². The first-order valence-corrected chi connectivity index (χ1v) is 7.22. The third-order valence-electron chi connectivity index (χ3n) is 1.33. The summed E-state index contributed by atoms with van der Waals surface area (Å²) in [5, 5.41) is 0. The number of alkyl halides is 3. The molecule has 26 heavy (non-hydrogen) atoms. The minimum Gasteiger partial charge on any atom is -0.358 e. The van der Waals surface area contributed by atoms with E-state index in [1.165, 1.54) is 14.1 Å². The predicted octanol–water partition coefficient (Wildman–Crippen LogP) is 6.02. The molecule has 6 heteroatoms. The minimum absolute atomic E-state index is 0. The second-order valence-electron chi connectivity index (χ2n) is 3.09. The average Bonchev–Trinajstić information content (AvgIpc) is 2.62. The smallest absolute Gasteiger partial charge is 0.358 e. The molecule has 0 saturated carbocycles. The number of hydrogen-bond donors (Lipinski definition) is 2. The molecule has 2 rings (SSSR count). The molecule has 0 aliphatic rings. The van der Waals surface area contributed by atoms with Crippen LogP contribution in [-0.4, -0.2) is 20.3 Å². The van der Waals surface area contributed by atoms with Crippen molar-refractivity contribution < 1.29 is 45.9 Å². The van der Waals surface area contributed by atoms with Crippen LogP contribution < -0.4 is 11.5 Å². The van der Waals surface area contributed by atoms with E-state index in [4.69, 9.17) is 0 Å². The van der Waals surface area contributed by atoms with E-state index >= 15 is 0 Å². The standard InChI is InChI=1S/2C6H6.C2H3F3.C2H6.2CH5N.2CH3.Y/c2*1-2-4-6-5-3-1;1-2(3,4)5;3*1-2;;;/h2*1-6H;1H3;1-2H3;2*2H2,1H3;2*1H3;/q;;;;;;2*-1;. The van der Waals surface area contributed by atoms with Crippen LogP contribution in [0.3, 0.4) is 0 Å². The van der Waals surface area contributed by atoms with E-state index in [0.29, 0.717) is 0 Å². The number of nitrogens with two attached hydrogens (primary N) is 2. The minimum atomic E-state index is -4.00. The van der Waals surface area contributed by atoms with Crippen molar-refractivity contribution in [1.29, 1.82) is 0 Å². The van der Waals surface area contributed by atoms with E-state index in [-0.39, 0.29) is 54.5 Å².